The average molecular weight is 286 g/mol. The Labute approximate surface area is 123 Å². The highest BCUT2D eigenvalue weighted by Crippen LogP contribution is 2.13. The molecule has 0 heterocycles. The van der Waals surface area contributed by atoms with Gasteiger partial charge in [0.1, 0.15) is 6.61 Å². The highest BCUT2D eigenvalue weighted by atomic mass is 16.5. The van der Waals surface area contributed by atoms with E-state index >= 15 is 0 Å². The van der Waals surface area contributed by atoms with Gasteiger partial charge in [-0.1, -0.05) is 48.5 Å². The maximum Gasteiger partial charge on any atom is 0.310 e. The first-order valence-electron chi connectivity index (χ1n) is 6.75. The Bertz CT molecular complexity index is 607. The van der Waals surface area contributed by atoms with Crippen molar-refractivity contribution >= 4 is 5.97 Å². The molecule has 2 N–H and O–H groups in total. The molecule has 2 rings (SSSR count). The van der Waals surface area contributed by atoms with Gasteiger partial charge in [-0.15, -0.1) is 0 Å². The minimum atomic E-state index is -0.358. The number of ether oxygens (including phenoxy) is 1. The van der Waals surface area contributed by atoms with Gasteiger partial charge in [-0.05, 0) is 22.3 Å². The lowest BCUT2D eigenvalue weighted by Gasteiger charge is -2.10. The van der Waals surface area contributed by atoms with E-state index in [1.54, 1.807) is 18.2 Å². The Morgan fingerprint density at radius 2 is 1.29 bits per heavy atom. The van der Waals surface area contributed by atoms with Gasteiger partial charge in [0.05, 0.1) is 19.6 Å². The minimum absolute atomic E-state index is 0.0823. The fourth-order valence-electron chi connectivity index (χ4n) is 2.10. The van der Waals surface area contributed by atoms with E-state index in [1.165, 1.54) is 0 Å². The van der Waals surface area contributed by atoms with Crippen LogP contribution >= 0.6 is 0 Å². The molecule has 0 aliphatic carbocycles. The molecular formula is C17H18O4. The van der Waals surface area contributed by atoms with E-state index in [0.717, 1.165) is 22.3 Å². The molecule has 2 aromatic carbocycles. The number of hydrogen-bond acceptors (Lipinski definition) is 4. The number of carbonyl (C=O) groups excluding carboxylic acids is 1. The zero-order valence-electron chi connectivity index (χ0n) is 11.7. The van der Waals surface area contributed by atoms with Gasteiger partial charge < -0.3 is 14.9 Å². The topological polar surface area (TPSA) is 66.8 Å². The normalized spacial score (nSPS) is 10.4. The largest absolute Gasteiger partial charge is 0.461 e. The molecule has 0 spiro atoms. The van der Waals surface area contributed by atoms with E-state index in [9.17, 15) is 15.0 Å². The van der Waals surface area contributed by atoms with Gasteiger partial charge in [-0.3, -0.25) is 4.79 Å². The molecule has 0 unspecified atom stereocenters. The summed E-state index contributed by atoms with van der Waals surface area (Å²) in [5.74, 6) is -0.358. The minimum Gasteiger partial charge on any atom is -0.461 e. The second-order valence-electron chi connectivity index (χ2n) is 4.69. The molecule has 0 bridgehead atoms. The van der Waals surface area contributed by atoms with E-state index in [-0.39, 0.29) is 32.2 Å². The molecule has 110 valence electrons. The summed E-state index contributed by atoms with van der Waals surface area (Å²) < 4.78 is 5.24. The van der Waals surface area contributed by atoms with Crippen LogP contribution in [0, 0.1) is 0 Å². The molecule has 0 atom stereocenters. The molecule has 0 radical (unpaired) electrons. The fourth-order valence-corrected chi connectivity index (χ4v) is 2.10. The molecule has 4 heteroatoms. The van der Waals surface area contributed by atoms with Crippen LogP contribution in [0.25, 0.3) is 0 Å². The molecule has 0 saturated carbocycles. The van der Waals surface area contributed by atoms with Crippen molar-refractivity contribution in [2.45, 2.75) is 26.2 Å². The van der Waals surface area contributed by atoms with E-state index in [1.807, 2.05) is 30.3 Å². The first kappa shape index (κ1) is 15.2. The molecule has 0 amide bonds. The molecule has 21 heavy (non-hydrogen) atoms. The van der Waals surface area contributed by atoms with Crippen LogP contribution in [0.1, 0.15) is 22.3 Å². The predicted molar refractivity (Wildman–Crippen MR) is 78.2 cm³/mol. The van der Waals surface area contributed by atoms with Crippen molar-refractivity contribution in [2.24, 2.45) is 0 Å². The molecule has 4 nitrogen and oxygen atoms in total. The number of aliphatic hydroxyl groups excluding tert-OH is 2. The molecule has 0 aliphatic heterocycles. The number of carbonyl (C=O) groups is 1. The van der Waals surface area contributed by atoms with Crippen LogP contribution in [-0.4, -0.2) is 16.2 Å². The van der Waals surface area contributed by atoms with E-state index in [0.29, 0.717) is 0 Å². The van der Waals surface area contributed by atoms with E-state index in [4.69, 9.17) is 4.74 Å². The molecule has 0 saturated heterocycles. The van der Waals surface area contributed by atoms with Crippen LogP contribution < -0.4 is 0 Å². The van der Waals surface area contributed by atoms with Gasteiger partial charge in [-0.2, -0.15) is 0 Å². The second-order valence-corrected chi connectivity index (χ2v) is 4.69. The summed E-state index contributed by atoms with van der Waals surface area (Å²) >= 11 is 0. The summed E-state index contributed by atoms with van der Waals surface area (Å²) in [5, 5.41) is 18.4. The monoisotopic (exact) mass is 286 g/mol. The van der Waals surface area contributed by atoms with Crippen LogP contribution in [0.2, 0.25) is 0 Å². The van der Waals surface area contributed by atoms with Gasteiger partial charge in [-0.25, -0.2) is 0 Å². The standard InChI is InChI=1S/C17H18O4/c18-10-14-6-2-1-5-13(14)9-17(20)21-12-16-8-4-3-7-15(16)11-19/h1-8,18-19H,9-12H2. The Balaban J connectivity index is 1.96. The molecule has 0 aliphatic rings. The first-order valence-corrected chi connectivity index (χ1v) is 6.75. The summed E-state index contributed by atoms with van der Waals surface area (Å²) in [5.41, 5.74) is 3.04. The van der Waals surface area contributed by atoms with Gasteiger partial charge in [0, 0.05) is 0 Å². The lowest BCUT2D eigenvalue weighted by molar-refractivity contribution is -0.144. The van der Waals surface area contributed by atoms with Crippen molar-refractivity contribution < 1.29 is 19.7 Å². The van der Waals surface area contributed by atoms with Crippen LogP contribution in [0.3, 0.4) is 0 Å². The highest BCUT2D eigenvalue weighted by molar-refractivity contribution is 5.73. The highest BCUT2D eigenvalue weighted by Gasteiger charge is 2.09. The molecule has 2 aromatic rings. The average Bonchev–Trinajstić information content (AvgIpc) is 2.53. The lowest BCUT2D eigenvalue weighted by Crippen LogP contribution is -2.10. The van der Waals surface area contributed by atoms with Crippen LogP contribution in [0.4, 0.5) is 0 Å². The van der Waals surface area contributed by atoms with E-state index < -0.39 is 0 Å². The Morgan fingerprint density at radius 3 is 1.86 bits per heavy atom. The van der Waals surface area contributed by atoms with Gasteiger partial charge >= 0.3 is 5.97 Å². The molecular weight excluding hydrogens is 268 g/mol. The summed E-state index contributed by atoms with van der Waals surface area (Å²) in [7, 11) is 0. The molecule has 0 aromatic heterocycles. The van der Waals surface area contributed by atoms with Gasteiger partial charge in [0.2, 0.25) is 0 Å². The number of esters is 1. The Hall–Kier alpha value is -2.17. The second kappa shape index (κ2) is 7.57. The number of aliphatic hydroxyl groups is 2. The summed E-state index contributed by atoms with van der Waals surface area (Å²) in [6.45, 7) is -0.0469. The van der Waals surface area contributed by atoms with Crippen molar-refractivity contribution in [1.29, 1.82) is 0 Å². The quantitative estimate of drug-likeness (QED) is 0.797. The maximum atomic E-state index is 11.9. The lowest BCUT2D eigenvalue weighted by atomic mass is 10.1. The Morgan fingerprint density at radius 1 is 0.810 bits per heavy atom. The third kappa shape index (κ3) is 4.15. The molecule has 0 fully saturated rings. The summed E-state index contributed by atoms with van der Waals surface area (Å²) in [6.07, 6.45) is 0.123. The zero-order chi connectivity index (χ0) is 15.1. The van der Waals surface area contributed by atoms with Gasteiger partial charge in [0.25, 0.3) is 0 Å². The summed E-state index contributed by atoms with van der Waals surface area (Å²) in [6, 6.07) is 14.5. The Kier molecular flexibility index (Phi) is 5.49. The smallest absolute Gasteiger partial charge is 0.310 e. The van der Waals surface area contributed by atoms with Crippen LogP contribution in [0.15, 0.2) is 48.5 Å². The summed E-state index contributed by atoms with van der Waals surface area (Å²) in [4.78, 5) is 11.9. The van der Waals surface area contributed by atoms with E-state index in [2.05, 4.69) is 0 Å². The van der Waals surface area contributed by atoms with Crippen molar-refractivity contribution in [2.75, 3.05) is 0 Å². The number of hydrogen-bond donors (Lipinski definition) is 2. The third-order valence-corrected chi connectivity index (χ3v) is 3.30. The van der Waals surface area contributed by atoms with Crippen LogP contribution in [0.5, 0.6) is 0 Å². The van der Waals surface area contributed by atoms with Crippen molar-refractivity contribution in [3.05, 3.63) is 70.8 Å². The van der Waals surface area contributed by atoms with Crippen LogP contribution in [-0.2, 0) is 35.8 Å². The van der Waals surface area contributed by atoms with Gasteiger partial charge in [0.15, 0.2) is 0 Å². The maximum absolute atomic E-state index is 11.9. The number of rotatable bonds is 6. The predicted octanol–water partition coefficient (Wildman–Crippen LogP) is 1.96. The number of benzene rings is 2. The van der Waals surface area contributed by atoms with Crippen molar-refractivity contribution in [1.82, 2.24) is 0 Å². The van der Waals surface area contributed by atoms with Crippen molar-refractivity contribution in [3.8, 4) is 0 Å². The third-order valence-electron chi connectivity index (χ3n) is 3.30. The first-order chi connectivity index (χ1) is 10.2. The van der Waals surface area contributed by atoms with Crippen molar-refractivity contribution in [3.63, 3.8) is 0 Å². The fraction of sp³-hybridized carbons (Fsp3) is 0.235. The zero-order valence-corrected chi connectivity index (χ0v) is 11.7. The SMILES string of the molecule is O=C(Cc1ccccc1CO)OCc1ccccc1CO.